The zero-order chi connectivity index (χ0) is 15.9. The van der Waals surface area contributed by atoms with Crippen molar-refractivity contribution in [3.05, 3.63) is 58.9 Å². The largest absolute Gasteiger partial charge is 0.494 e. The average Bonchev–Trinajstić information content (AvgIpc) is 2.51. The number of amides is 1. The molecule has 0 aliphatic carbocycles. The van der Waals surface area contributed by atoms with Gasteiger partial charge in [0.25, 0.3) is 0 Å². The summed E-state index contributed by atoms with van der Waals surface area (Å²) in [6.07, 6.45) is 0. The lowest BCUT2D eigenvalue weighted by Gasteiger charge is -2.09. The first-order valence-corrected chi connectivity index (χ1v) is 7.05. The fraction of sp³-hybridized carbons (Fsp3) is 0.188. The highest BCUT2D eigenvalue weighted by atomic mass is 35.5. The van der Waals surface area contributed by atoms with Crippen LogP contribution < -0.4 is 15.4 Å². The van der Waals surface area contributed by atoms with Crippen LogP contribution in [0, 0.1) is 5.82 Å². The van der Waals surface area contributed by atoms with E-state index in [9.17, 15) is 9.18 Å². The molecule has 0 aromatic heterocycles. The highest BCUT2D eigenvalue weighted by molar-refractivity contribution is 6.30. The van der Waals surface area contributed by atoms with Crippen LogP contribution in [0.5, 0.6) is 5.75 Å². The minimum Gasteiger partial charge on any atom is -0.494 e. The Morgan fingerprint density at radius 2 is 2.09 bits per heavy atom. The highest BCUT2D eigenvalue weighted by Gasteiger charge is 2.05. The molecule has 0 saturated carbocycles. The smallest absolute Gasteiger partial charge is 0.239 e. The van der Waals surface area contributed by atoms with E-state index in [4.69, 9.17) is 16.3 Å². The average molecular weight is 323 g/mol. The Kier molecular flexibility index (Phi) is 5.61. The third-order valence-corrected chi connectivity index (χ3v) is 3.22. The molecule has 0 spiro atoms. The molecule has 2 N–H and O–H groups in total. The summed E-state index contributed by atoms with van der Waals surface area (Å²) in [6, 6.07) is 11.7. The van der Waals surface area contributed by atoms with E-state index in [1.165, 1.54) is 19.2 Å². The number of anilines is 1. The Bertz CT molecular complexity index is 664. The Hall–Kier alpha value is -2.27. The minimum atomic E-state index is -0.480. The normalized spacial score (nSPS) is 10.1. The number of nitrogens with one attached hydrogen (secondary N) is 2. The fourth-order valence-electron chi connectivity index (χ4n) is 1.87. The summed E-state index contributed by atoms with van der Waals surface area (Å²) in [5, 5.41) is 6.23. The minimum absolute atomic E-state index is 0.0480. The predicted molar refractivity (Wildman–Crippen MR) is 84.7 cm³/mol. The summed E-state index contributed by atoms with van der Waals surface area (Å²) in [5.74, 6) is -0.515. The van der Waals surface area contributed by atoms with E-state index in [1.54, 1.807) is 18.2 Å². The molecule has 2 aromatic carbocycles. The van der Waals surface area contributed by atoms with Crippen molar-refractivity contribution in [2.75, 3.05) is 19.0 Å². The maximum Gasteiger partial charge on any atom is 0.239 e. The van der Waals surface area contributed by atoms with Crippen molar-refractivity contribution in [3.63, 3.8) is 0 Å². The third kappa shape index (κ3) is 4.63. The molecule has 0 unspecified atom stereocenters. The van der Waals surface area contributed by atoms with Gasteiger partial charge >= 0.3 is 0 Å². The van der Waals surface area contributed by atoms with Crippen LogP contribution >= 0.6 is 11.6 Å². The topological polar surface area (TPSA) is 50.4 Å². The van der Waals surface area contributed by atoms with Gasteiger partial charge in [0, 0.05) is 23.3 Å². The van der Waals surface area contributed by atoms with Crippen molar-refractivity contribution < 1.29 is 13.9 Å². The number of carbonyl (C=O) groups is 1. The van der Waals surface area contributed by atoms with Crippen molar-refractivity contribution in [3.8, 4) is 5.75 Å². The molecule has 1 amide bonds. The van der Waals surface area contributed by atoms with Gasteiger partial charge in [-0.3, -0.25) is 4.79 Å². The second-order valence-corrected chi connectivity index (χ2v) is 5.05. The quantitative estimate of drug-likeness (QED) is 0.858. The van der Waals surface area contributed by atoms with Gasteiger partial charge in [-0.2, -0.15) is 0 Å². The molecule has 0 saturated heterocycles. The number of carbonyl (C=O) groups excluding carboxylic acids is 1. The van der Waals surface area contributed by atoms with Crippen molar-refractivity contribution in [1.82, 2.24) is 5.32 Å². The van der Waals surface area contributed by atoms with Crippen molar-refractivity contribution in [1.29, 1.82) is 0 Å². The van der Waals surface area contributed by atoms with Crippen molar-refractivity contribution in [2.45, 2.75) is 6.54 Å². The van der Waals surface area contributed by atoms with E-state index in [2.05, 4.69) is 10.6 Å². The van der Waals surface area contributed by atoms with Crippen LogP contribution in [-0.2, 0) is 11.3 Å². The van der Waals surface area contributed by atoms with Gasteiger partial charge in [0.05, 0.1) is 13.7 Å². The van der Waals surface area contributed by atoms with E-state index >= 15 is 0 Å². The first-order chi connectivity index (χ1) is 10.6. The van der Waals surface area contributed by atoms with Gasteiger partial charge in [-0.1, -0.05) is 23.7 Å². The number of halogens is 2. The number of ether oxygens (including phenoxy) is 1. The number of rotatable bonds is 6. The van der Waals surface area contributed by atoms with E-state index in [-0.39, 0.29) is 18.2 Å². The Morgan fingerprint density at radius 1 is 1.27 bits per heavy atom. The molecule has 0 heterocycles. The van der Waals surface area contributed by atoms with Gasteiger partial charge in [0.1, 0.15) is 0 Å². The highest BCUT2D eigenvalue weighted by Crippen LogP contribution is 2.20. The molecule has 0 bridgehead atoms. The van der Waals surface area contributed by atoms with E-state index in [0.717, 1.165) is 5.56 Å². The van der Waals surface area contributed by atoms with Crippen LogP contribution in [0.25, 0.3) is 0 Å². The lowest BCUT2D eigenvalue weighted by Crippen LogP contribution is -2.29. The Balaban J connectivity index is 1.81. The van der Waals surface area contributed by atoms with Gasteiger partial charge in [-0.15, -0.1) is 0 Å². The molecule has 2 aromatic rings. The predicted octanol–water partition coefficient (Wildman–Crippen LogP) is 3.22. The maximum atomic E-state index is 13.5. The lowest BCUT2D eigenvalue weighted by molar-refractivity contribution is -0.119. The standard InChI is InChI=1S/C16H16ClFN2O2/c1-22-15-6-5-13(8-14(15)18)19-10-16(21)20-9-11-3-2-4-12(17)7-11/h2-8,19H,9-10H2,1H3,(H,20,21). The molecule has 0 fully saturated rings. The Labute approximate surface area is 133 Å². The van der Waals surface area contributed by atoms with Gasteiger partial charge in [0.15, 0.2) is 11.6 Å². The second kappa shape index (κ2) is 7.66. The van der Waals surface area contributed by atoms with Gasteiger partial charge < -0.3 is 15.4 Å². The zero-order valence-electron chi connectivity index (χ0n) is 12.0. The molecule has 22 heavy (non-hydrogen) atoms. The third-order valence-electron chi connectivity index (χ3n) is 2.98. The Morgan fingerprint density at radius 3 is 2.77 bits per heavy atom. The van der Waals surface area contributed by atoms with Gasteiger partial charge in [-0.05, 0) is 29.8 Å². The van der Waals surface area contributed by atoms with E-state index in [1.807, 2.05) is 12.1 Å². The summed E-state index contributed by atoms with van der Waals surface area (Å²) in [5.41, 5.74) is 1.42. The molecule has 0 aliphatic heterocycles. The van der Waals surface area contributed by atoms with Crippen LogP contribution in [0.3, 0.4) is 0 Å². The summed E-state index contributed by atoms with van der Waals surface area (Å²) < 4.78 is 18.3. The molecular formula is C16H16ClFN2O2. The molecule has 0 atom stereocenters. The van der Waals surface area contributed by atoms with E-state index in [0.29, 0.717) is 17.3 Å². The monoisotopic (exact) mass is 322 g/mol. The maximum absolute atomic E-state index is 13.5. The van der Waals surface area contributed by atoms with Crippen molar-refractivity contribution >= 4 is 23.2 Å². The van der Waals surface area contributed by atoms with Crippen LogP contribution in [-0.4, -0.2) is 19.6 Å². The second-order valence-electron chi connectivity index (χ2n) is 4.61. The molecule has 4 nitrogen and oxygen atoms in total. The number of benzene rings is 2. The van der Waals surface area contributed by atoms with Crippen LogP contribution in [0.1, 0.15) is 5.56 Å². The molecule has 0 aliphatic rings. The first-order valence-electron chi connectivity index (χ1n) is 6.67. The molecule has 0 radical (unpaired) electrons. The number of methoxy groups -OCH3 is 1. The molecular weight excluding hydrogens is 307 g/mol. The van der Waals surface area contributed by atoms with Crippen LogP contribution in [0.15, 0.2) is 42.5 Å². The van der Waals surface area contributed by atoms with Gasteiger partial charge in [-0.25, -0.2) is 4.39 Å². The molecule has 116 valence electrons. The van der Waals surface area contributed by atoms with E-state index < -0.39 is 5.82 Å². The lowest BCUT2D eigenvalue weighted by atomic mass is 10.2. The number of hydrogen-bond acceptors (Lipinski definition) is 3. The number of hydrogen-bond donors (Lipinski definition) is 2. The first kappa shape index (κ1) is 16.1. The summed E-state index contributed by atoms with van der Waals surface area (Å²) in [6.45, 7) is 0.435. The summed E-state index contributed by atoms with van der Waals surface area (Å²) in [7, 11) is 1.40. The summed E-state index contributed by atoms with van der Waals surface area (Å²) >= 11 is 5.87. The summed E-state index contributed by atoms with van der Waals surface area (Å²) in [4.78, 5) is 11.8. The zero-order valence-corrected chi connectivity index (χ0v) is 12.8. The fourth-order valence-corrected chi connectivity index (χ4v) is 2.08. The van der Waals surface area contributed by atoms with Gasteiger partial charge in [0.2, 0.25) is 5.91 Å². The SMILES string of the molecule is COc1ccc(NCC(=O)NCc2cccc(Cl)c2)cc1F. The molecule has 2 rings (SSSR count). The van der Waals surface area contributed by atoms with Crippen LogP contribution in [0.4, 0.5) is 10.1 Å². The van der Waals surface area contributed by atoms with Crippen LogP contribution in [0.2, 0.25) is 5.02 Å². The molecule has 6 heteroatoms. The van der Waals surface area contributed by atoms with Crippen molar-refractivity contribution in [2.24, 2.45) is 0 Å².